The van der Waals surface area contributed by atoms with Crippen LogP contribution in [0.5, 0.6) is 0 Å². The minimum absolute atomic E-state index is 0.101. The van der Waals surface area contributed by atoms with Crippen LogP contribution in [0.2, 0.25) is 0 Å². The van der Waals surface area contributed by atoms with Crippen molar-refractivity contribution >= 4 is 17.8 Å². The van der Waals surface area contributed by atoms with Gasteiger partial charge in [-0.05, 0) is 12.1 Å². The van der Waals surface area contributed by atoms with E-state index < -0.39 is 34.6 Å². The summed E-state index contributed by atoms with van der Waals surface area (Å²) in [6, 6.07) is 5.99. The van der Waals surface area contributed by atoms with Crippen molar-refractivity contribution in [1.82, 2.24) is 14.2 Å². The normalized spacial score (nSPS) is 13.2. The van der Waals surface area contributed by atoms with Crippen LogP contribution in [0.25, 0.3) is 0 Å². The molecule has 1 aliphatic rings. The lowest BCUT2D eigenvalue weighted by atomic mass is 10.1. The zero-order valence-electron chi connectivity index (χ0n) is 12.7. The van der Waals surface area contributed by atoms with E-state index in [0.29, 0.717) is 5.06 Å². The van der Waals surface area contributed by atoms with Crippen LogP contribution in [-0.4, -0.2) is 32.0 Å². The average Bonchev–Trinajstić information content (AvgIpc) is 2.81. The maximum atomic E-state index is 12.2. The molecule has 122 valence electrons. The Kier molecular flexibility index (Phi) is 3.40. The van der Waals surface area contributed by atoms with Gasteiger partial charge >= 0.3 is 11.7 Å². The van der Waals surface area contributed by atoms with Crippen molar-refractivity contribution in [2.75, 3.05) is 0 Å². The molecule has 1 aliphatic heterocycles. The average molecular weight is 329 g/mol. The summed E-state index contributed by atoms with van der Waals surface area (Å²) >= 11 is 0. The number of imide groups is 1. The molecule has 0 atom stereocenters. The van der Waals surface area contributed by atoms with Gasteiger partial charge in [0.1, 0.15) is 5.56 Å². The van der Waals surface area contributed by atoms with E-state index in [1.54, 1.807) is 12.1 Å². The molecule has 0 unspecified atom stereocenters. The minimum atomic E-state index is -1.21. The largest absolute Gasteiger partial charge is 0.371 e. The first kappa shape index (κ1) is 15.4. The number of fused-ring (bicyclic) bond motifs is 1. The van der Waals surface area contributed by atoms with E-state index in [1.165, 1.54) is 26.2 Å². The van der Waals surface area contributed by atoms with Crippen molar-refractivity contribution in [3.8, 4) is 0 Å². The predicted molar refractivity (Wildman–Crippen MR) is 79.3 cm³/mol. The third-order valence-electron chi connectivity index (χ3n) is 3.60. The van der Waals surface area contributed by atoms with Crippen molar-refractivity contribution in [3.63, 3.8) is 0 Å². The Morgan fingerprint density at radius 1 is 0.958 bits per heavy atom. The van der Waals surface area contributed by atoms with Crippen LogP contribution >= 0.6 is 0 Å². The van der Waals surface area contributed by atoms with Crippen molar-refractivity contribution in [2.24, 2.45) is 14.1 Å². The molecular formula is C15H11N3O6. The highest BCUT2D eigenvalue weighted by atomic mass is 16.7. The molecule has 9 heteroatoms. The molecule has 2 heterocycles. The maximum Gasteiger partial charge on any atom is 0.371 e. The molecule has 0 aliphatic carbocycles. The Hall–Kier alpha value is -3.49. The Balaban J connectivity index is 1.95. The van der Waals surface area contributed by atoms with E-state index >= 15 is 0 Å². The standard InChI is InChI=1S/C15H11N3O6/c1-16-7-10(11(19)17(2)15(16)23)14(22)24-18-12(20)8-5-3-4-6-9(8)13(18)21/h3-7H,1-2H3. The van der Waals surface area contributed by atoms with Crippen molar-refractivity contribution in [1.29, 1.82) is 0 Å². The number of hydroxylamine groups is 2. The molecule has 1 aromatic carbocycles. The Bertz CT molecular complexity index is 982. The number of nitrogens with zero attached hydrogens (tertiary/aromatic N) is 3. The first-order valence-corrected chi connectivity index (χ1v) is 6.79. The topological polar surface area (TPSA) is 108 Å². The van der Waals surface area contributed by atoms with Crippen molar-refractivity contribution in [2.45, 2.75) is 0 Å². The van der Waals surface area contributed by atoms with Gasteiger partial charge in [-0.2, -0.15) is 0 Å². The van der Waals surface area contributed by atoms with Gasteiger partial charge in [-0.15, -0.1) is 0 Å². The van der Waals surface area contributed by atoms with Gasteiger partial charge < -0.3 is 9.40 Å². The lowest BCUT2D eigenvalue weighted by Crippen LogP contribution is -2.41. The summed E-state index contributed by atoms with van der Waals surface area (Å²) in [7, 11) is 2.55. The Morgan fingerprint density at radius 2 is 1.50 bits per heavy atom. The van der Waals surface area contributed by atoms with Gasteiger partial charge in [0, 0.05) is 20.3 Å². The van der Waals surface area contributed by atoms with Gasteiger partial charge in [0.05, 0.1) is 11.1 Å². The zero-order valence-corrected chi connectivity index (χ0v) is 12.7. The van der Waals surface area contributed by atoms with Gasteiger partial charge in [-0.3, -0.25) is 19.0 Å². The van der Waals surface area contributed by atoms with Crippen LogP contribution in [-0.2, 0) is 18.9 Å². The lowest BCUT2D eigenvalue weighted by Gasteiger charge is -2.13. The Morgan fingerprint density at radius 3 is 2.04 bits per heavy atom. The van der Waals surface area contributed by atoms with E-state index in [1.807, 2.05) is 0 Å². The molecule has 0 N–H and O–H groups in total. The molecule has 3 rings (SSSR count). The predicted octanol–water partition coefficient (Wildman–Crippen LogP) is -0.548. The molecule has 0 saturated carbocycles. The van der Waals surface area contributed by atoms with Crippen LogP contribution < -0.4 is 11.2 Å². The van der Waals surface area contributed by atoms with Crippen LogP contribution in [0, 0.1) is 0 Å². The number of carbonyl (C=O) groups is 3. The number of rotatable bonds is 2. The number of carbonyl (C=O) groups excluding carboxylic acids is 3. The summed E-state index contributed by atoms with van der Waals surface area (Å²) in [4.78, 5) is 64.9. The van der Waals surface area contributed by atoms with Crippen molar-refractivity contribution < 1.29 is 19.2 Å². The van der Waals surface area contributed by atoms with Gasteiger partial charge in [0.2, 0.25) is 0 Å². The monoisotopic (exact) mass is 329 g/mol. The van der Waals surface area contributed by atoms with E-state index in [9.17, 15) is 24.0 Å². The van der Waals surface area contributed by atoms with Crippen LogP contribution in [0.4, 0.5) is 0 Å². The molecule has 2 aromatic rings. The summed E-state index contributed by atoms with van der Waals surface area (Å²) in [5.74, 6) is -2.81. The second-order valence-electron chi connectivity index (χ2n) is 5.13. The fourth-order valence-electron chi connectivity index (χ4n) is 2.33. The fourth-order valence-corrected chi connectivity index (χ4v) is 2.33. The van der Waals surface area contributed by atoms with Crippen LogP contribution in [0.15, 0.2) is 40.1 Å². The quantitative estimate of drug-likeness (QED) is 0.684. The van der Waals surface area contributed by atoms with Crippen LogP contribution in [0.1, 0.15) is 31.1 Å². The van der Waals surface area contributed by atoms with Gasteiger partial charge in [-0.25, -0.2) is 9.59 Å². The fraction of sp³-hybridized carbons (Fsp3) is 0.133. The van der Waals surface area contributed by atoms with Gasteiger partial charge in [-0.1, -0.05) is 17.2 Å². The lowest BCUT2D eigenvalue weighted by molar-refractivity contribution is -0.0586. The number of hydrogen-bond donors (Lipinski definition) is 0. The first-order chi connectivity index (χ1) is 11.3. The number of aromatic nitrogens is 2. The smallest absolute Gasteiger partial charge is 0.324 e. The summed E-state index contributed by atoms with van der Waals surface area (Å²) < 4.78 is 1.74. The highest BCUT2D eigenvalue weighted by molar-refractivity contribution is 6.21. The maximum absolute atomic E-state index is 12.2. The van der Waals surface area contributed by atoms with Gasteiger partial charge in [0.25, 0.3) is 17.4 Å². The molecular weight excluding hydrogens is 318 g/mol. The molecule has 0 spiro atoms. The summed E-state index contributed by atoms with van der Waals surface area (Å²) in [6.07, 6.45) is 0.991. The molecule has 1 aromatic heterocycles. The number of benzene rings is 1. The SMILES string of the molecule is Cn1cc(C(=O)ON2C(=O)c3ccccc3C2=O)c(=O)n(C)c1=O. The third kappa shape index (κ3) is 2.14. The van der Waals surface area contributed by atoms with Gasteiger partial charge in [0.15, 0.2) is 0 Å². The van der Waals surface area contributed by atoms with Crippen LogP contribution in [0.3, 0.4) is 0 Å². The third-order valence-corrected chi connectivity index (χ3v) is 3.60. The minimum Gasteiger partial charge on any atom is -0.324 e. The summed E-state index contributed by atoms with van der Waals surface area (Å²) in [5, 5.41) is 0.303. The summed E-state index contributed by atoms with van der Waals surface area (Å²) in [5.41, 5.74) is -1.79. The number of hydrogen-bond acceptors (Lipinski definition) is 6. The van der Waals surface area contributed by atoms with E-state index in [0.717, 1.165) is 15.3 Å². The second kappa shape index (κ2) is 5.30. The second-order valence-corrected chi connectivity index (χ2v) is 5.13. The number of aryl methyl sites for hydroxylation is 1. The summed E-state index contributed by atoms with van der Waals surface area (Å²) in [6.45, 7) is 0. The van der Waals surface area contributed by atoms with E-state index in [2.05, 4.69) is 0 Å². The Labute approximate surface area is 134 Å². The molecule has 0 fully saturated rings. The first-order valence-electron chi connectivity index (χ1n) is 6.79. The molecule has 0 bridgehead atoms. The molecule has 9 nitrogen and oxygen atoms in total. The van der Waals surface area contributed by atoms with Crippen molar-refractivity contribution in [3.05, 3.63) is 68.0 Å². The molecule has 24 heavy (non-hydrogen) atoms. The number of amides is 2. The molecule has 2 amide bonds. The molecule has 0 radical (unpaired) electrons. The molecule has 0 saturated heterocycles. The van der Waals surface area contributed by atoms with E-state index in [4.69, 9.17) is 4.84 Å². The zero-order chi connectivity index (χ0) is 17.6. The highest BCUT2D eigenvalue weighted by Gasteiger charge is 2.39. The van der Waals surface area contributed by atoms with E-state index in [-0.39, 0.29) is 11.1 Å². The highest BCUT2D eigenvalue weighted by Crippen LogP contribution is 2.22.